The molecule has 0 saturated carbocycles. The van der Waals surface area contributed by atoms with Crippen LogP contribution in [0.4, 0.5) is 5.69 Å². The van der Waals surface area contributed by atoms with Crippen LogP contribution in [0.25, 0.3) is 10.9 Å². The van der Waals surface area contributed by atoms with Crippen molar-refractivity contribution in [3.8, 4) is 0 Å². The second kappa shape index (κ2) is 8.64. The average molecular weight is 408 g/mol. The molecule has 1 aliphatic heterocycles. The Morgan fingerprint density at radius 2 is 1.87 bits per heavy atom. The Morgan fingerprint density at radius 3 is 2.57 bits per heavy atom. The summed E-state index contributed by atoms with van der Waals surface area (Å²) in [7, 11) is 0. The fraction of sp³-hybridized carbons (Fsp3) is 0.318. The summed E-state index contributed by atoms with van der Waals surface area (Å²) in [6.07, 6.45) is 1.47. The van der Waals surface area contributed by atoms with E-state index in [1.165, 1.54) is 11.6 Å². The summed E-state index contributed by atoms with van der Waals surface area (Å²) < 4.78 is 0. The number of hydrogen-bond donors (Lipinski definition) is 3. The number of aliphatic hydroxyl groups excluding tert-OH is 1. The highest BCUT2D eigenvalue weighted by atomic mass is 16.6. The van der Waals surface area contributed by atoms with Gasteiger partial charge in [0.2, 0.25) is 0 Å². The standard InChI is InChI=1S/C22H24N4O4/c27-18-8-10-25(11-9-18)14-16-6-4-15(5-7-16)13-23-22(28)19-12-17-2-1-3-20(26(29)30)21(17)24-19/h1-7,12,18,24,27H,8-11,13-14H2,(H,23,28). The number of aromatic amines is 1. The van der Waals surface area contributed by atoms with Crippen molar-refractivity contribution in [3.05, 3.63) is 75.5 Å². The molecule has 0 radical (unpaired) electrons. The maximum Gasteiger partial charge on any atom is 0.293 e. The van der Waals surface area contributed by atoms with Gasteiger partial charge in [0.1, 0.15) is 11.2 Å². The Bertz CT molecular complexity index is 1050. The fourth-order valence-corrected chi connectivity index (χ4v) is 3.79. The number of hydrogen-bond acceptors (Lipinski definition) is 5. The van der Waals surface area contributed by atoms with Gasteiger partial charge in [-0.25, -0.2) is 0 Å². The van der Waals surface area contributed by atoms with Gasteiger partial charge in [0, 0.05) is 37.6 Å². The number of non-ortho nitro benzene ring substituents is 1. The molecule has 0 atom stereocenters. The second-order valence-electron chi connectivity index (χ2n) is 7.69. The zero-order valence-corrected chi connectivity index (χ0v) is 16.5. The summed E-state index contributed by atoms with van der Waals surface area (Å²) in [5.41, 5.74) is 2.77. The van der Waals surface area contributed by atoms with Crippen LogP contribution in [-0.4, -0.2) is 45.0 Å². The normalized spacial score (nSPS) is 15.4. The van der Waals surface area contributed by atoms with Gasteiger partial charge in [0.05, 0.1) is 11.0 Å². The van der Waals surface area contributed by atoms with Crippen LogP contribution in [0.1, 0.15) is 34.5 Å². The molecule has 0 unspecified atom stereocenters. The Balaban J connectivity index is 1.35. The first-order valence-corrected chi connectivity index (χ1v) is 10.0. The second-order valence-corrected chi connectivity index (χ2v) is 7.69. The number of carbonyl (C=O) groups is 1. The SMILES string of the molecule is O=C(NCc1ccc(CN2CCC(O)CC2)cc1)c1cc2cccc([N+](=O)[O-])c2[nH]1. The topological polar surface area (TPSA) is 112 Å². The van der Waals surface area contributed by atoms with E-state index < -0.39 is 4.92 Å². The zero-order valence-electron chi connectivity index (χ0n) is 16.5. The molecule has 1 amide bonds. The molecule has 1 aliphatic rings. The van der Waals surface area contributed by atoms with Crippen molar-refractivity contribution in [2.45, 2.75) is 32.0 Å². The van der Waals surface area contributed by atoms with E-state index in [4.69, 9.17) is 0 Å². The molecular weight excluding hydrogens is 384 g/mol. The monoisotopic (exact) mass is 408 g/mol. The summed E-state index contributed by atoms with van der Waals surface area (Å²) >= 11 is 0. The molecule has 156 valence electrons. The number of nitro benzene ring substituents is 1. The number of piperidine rings is 1. The molecule has 3 N–H and O–H groups in total. The van der Waals surface area contributed by atoms with Crippen molar-refractivity contribution in [1.82, 2.24) is 15.2 Å². The molecule has 2 heterocycles. The fourth-order valence-electron chi connectivity index (χ4n) is 3.79. The van der Waals surface area contributed by atoms with E-state index in [9.17, 15) is 20.0 Å². The number of rotatable bonds is 6. The molecule has 1 fully saturated rings. The maximum absolute atomic E-state index is 12.5. The molecular formula is C22H24N4O4. The van der Waals surface area contributed by atoms with Crippen LogP contribution >= 0.6 is 0 Å². The maximum atomic E-state index is 12.5. The summed E-state index contributed by atoms with van der Waals surface area (Å²) in [6.45, 7) is 3.03. The molecule has 3 aromatic rings. The minimum atomic E-state index is -0.464. The first-order valence-electron chi connectivity index (χ1n) is 10.0. The third-order valence-corrected chi connectivity index (χ3v) is 5.51. The van der Waals surface area contributed by atoms with Gasteiger partial charge in [-0.2, -0.15) is 0 Å². The molecule has 4 rings (SSSR count). The van der Waals surface area contributed by atoms with Gasteiger partial charge in [0.25, 0.3) is 11.6 Å². The number of aromatic nitrogens is 1. The van der Waals surface area contributed by atoms with Crippen LogP contribution < -0.4 is 5.32 Å². The van der Waals surface area contributed by atoms with Crippen molar-refractivity contribution in [2.75, 3.05) is 13.1 Å². The van der Waals surface area contributed by atoms with Crippen molar-refractivity contribution < 1.29 is 14.8 Å². The first kappa shape index (κ1) is 20.1. The van der Waals surface area contributed by atoms with Gasteiger partial charge in [-0.15, -0.1) is 0 Å². The molecule has 8 nitrogen and oxygen atoms in total. The number of para-hydroxylation sites is 1. The number of fused-ring (bicyclic) bond motifs is 1. The number of benzene rings is 2. The quantitative estimate of drug-likeness (QED) is 0.429. The minimum Gasteiger partial charge on any atom is -0.393 e. The Kier molecular flexibility index (Phi) is 5.78. The molecule has 2 aromatic carbocycles. The number of nitro groups is 1. The van der Waals surface area contributed by atoms with E-state index in [-0.39, 0.29) is 17.7 Å². The van der Waals surface area contributed by atoms with Gasteiger partial charge in [-0.05, 0) is 30.0 Å². The highest BCUT2D eigenvalue weighted by molar-refractivity contribution is 6.00. The molecule has 0 spiro atoms. The van der Waals surface area contributed by atoms with Gasteiger partial charge >= 0.3 is 0 Å². The Labute approximate surface area is 173 Å². The van der Waals surface area contributed by atoms with Gasteiger partial charge in [-0.1, -0.05) is 36.4 Å². The Morgan fingerprint density at radius 1 is 1.17 bits per heavy atom. The number of H-pyrrole nitrogens is 1. The van der Waals surface area contributed by atoms with Crippen LogP contribution in [0.15, 0.2) is 48.5 Å². The van der Waals surface area contributed by atoms with Crippen LogP contribution in [-0.2, 0) is 13.1 Å². The molecule has 1 aromatic heterocycles. The number of nitrogens with zero attached hydrogens (tertiary/aromatic N) is 2. The van der Waals surface area contributed by atoms with E-state index in [2.05, 4.69) is 27.3 Å². The molecule has 30 heavy (non-hydrogen) atoms. The largest absolute Gasteiger partial charge is 0.393 e. The number of likely N-dealkylation sites (tertiary alicyclic amines) is 1. The van der Waals surface area contributed by atoms with E-state index >= 15 is 0 Å². The van der Waals surface area contributed by atoms with Gasteiger partial charge in [0.15, 0.2) is 0 Å². The third kappa shape index (κ3) is 4.50. The van der Waals surface area contributed by atoms with E-state index in [1.54, 1.807) is 18.2 Å². The third-order valence-electron chi connectivity index (χ3n) is 5.51. The van der Waals surface area contributed by atoms with E-state index in [1.807, 2.05) is 12.1 Å². The Hall–Kier alpha value is -3.23. The summed E-state index contributed by atoms with van der Waals surface area (Å²) in [5, 5.41) is 24.2. The lowest BCUT2D eigenvalue weighted by atomic mass is 10.1. The summed E-state index contributed by atoms with van der Waals surface area (Å²) in [6, 6.07) is 14.5. The van der Waals surface area contributed by atoms with Crippen molar-refractivity contribution >= 4 is 22.5 Å². The number of amides is 1. The van der Waals surface area contributed by atoms with Crippen molar-refractivity contribution in [2.24, 2.45) is 0 Å². The van der Waals surface area contributed by atoms with Crippen molar-refractivity contribution in [3.63, 3.8) is 0 Å². The molecule has 8 heteroatoms. The number of aliphatic hydroxyl groups is 1. The highest BCUT2D eigenvalue weighted by Crippen LogP contribution is 2.25. The smallest absolute Gasteiger partial charge is 0.293 e. The lowest BCUT2D eigenvalue weighted by Crippen LogP contribution is -2.35. The van der Waals surface area contributed by atoms with Gasteiger partial charge < -0.3 is 15.4 Å². The van der Waals surface area contributed by atoms with Crippen molar-refractivity contribution in [1.29, 1.82) is 0 Å². The molecule has 1 saturated heterocycles. The lowest BCUT2D eigenvalue weighted by Gasteiger charge is -2.29. The minimum absolute atomic E-state index is 0.0506. The summed E-state index contributed by atoms with van der Waals surface area (Å²) in [4.78, 5) is 28.4. The lowest BCUT2D eigenvalue weighted by molar-refractivity contribution is -0.383. The molecule has 0 aliphatic carbocycles. The van der Waals surface area contributed by atoms with E-state index in [0.717, 1.165) is 38.0 Å². The number of nitrogens with one attached hydrogen (secondary N) is 2. The number of carbonyl (C=O) groups excluding carboxylic acids is 1. The predicted octanol–water partition coefficient (Wildman–Crippen LogP) is 2.96. The van der Waals surface area contributed by atoms with Crippen LogP contribution in [0.3, 0.4) is 0 Å². The van der Waals surface area contributed by atoms with Gasteiger partial charge in [-0.3, -0.25) is 19.8 Å². The van der Waals surface area contributed by atoms with Crippen LogP contribution in [0, 0.1) is 10.1 Å². The molecule has 0 bridgehead atoms. The average Bonchev–Trinajstić information content (AvgIpc) is 3.19. The van der Waals surface area contributed by atoms with Crippen LogP contribution in [0.2, 0.25) is 0 Å². The zero-order chi connectivity index (χ0) is 21.1. The van der Waals surface area contributed by atoms with Crippen LogP contribution in [0.5, 0.6) is 0 Å². The first-order chi connectivity index (χ1) is 14.5. The summed E-state index contributed by atoms with van der Waals surface area (Å²) in [5.74, 6) is -0.309. The highest BCUT2D eigenvalue weighted by Gasteiger charge is 2.18. The predicted molar refractivity (Wildman–Crippen MR) is 113 cm³/mol. The van der Waals surface area contributed by atoms with E-state index in [0.29, 0.717) is 23.1 Å².